The monoisotopic (exact) mass is 286 g/mol. The molecule has 0 aromatic carbocycles. The Hall–Kier alpha value is -1.05. The Morgan fingerprint density at radius 1 is 1.63 bits per heavy atom. The number of hydrogen-bond acceptors (Lipinski definition) is 5. The smallest absolute Gasteiger partial charge is 0.353 e. The van der Waals surface area contributed by atoms with Crippen molar-refractivity contribution in [2.75, 3.05) is 19.3 Å². The van der Waals surface area contributed by atoms with Crippen LogP contribution in [0.1, 0.15) is 13.3 Å². The summed E-state index contributed by atoms with van der Waals surface area (Å²) in [6.45, 7) is 2.35. The van der Waals surface area contributed by atoms with Gasteiger partial charge in [-0.2, -0.15) is 0 Å². The average molecular weight is 286 g/mol. The van der Waals surface area contributed by atoms with Crippen molar-refractivity contribution in [2.24, 2.45) is 5.92 Å². The van der Waals surface area contributed by atoms with Crippen molar-refractivity contribution >= 4 is 23.6 Å². The van der Waals surface area contributed by atoms with Crippen LogP contribution in [0.15, 0.2) is 10.6 Å². The summed E-state index contributed by atoms with van der Waals surface area (Å²) in [4.78, 5) is 25.3. The first-order chi connectivity index (χ1) is 8.99. The number of carboxylic acid groups (broad SMARTS) is 1. The van der Waals surface area contributed by atoms with E-state index in [9.17, 15) is 19.8 Å². The standard InChI is InChI=1S/C12H18N2O4S/c1-6(15)9-7-5-8(19-4-3-13-2)10(12(17)18)14(7)11(9)16/h6-7,9,13,15H,3-5H2,1-2H3,(H,17,18)/t6-,7-,9-/m1/s1. The van der Waals surface area contributed by atoms with Gasteiger partial charge in [-0.1, -0.05) is 0 Å². The Morgan fingerprint density at radius 2 is 2.32 bits per heavy atom. The van der Waals surface area contributed by atoms with Crippen LogP contribution >= 0.6 is 11.8 Å². The van der Waals surface area contributed by atoms with E-state index < -0.39 is 18.0 Å². The Morgan fingerprint density at radius 3 is 2.84 bits per heavy atom. The molecule has 6 nitrogen and oxygen atoms in total. The molecule has 3 atom stereocenters. The highest BCUT2D eigenvalue weighted by Gasteiger charge is 2.56. The number of amides is 1. The normalized spacial score (nSPS) is 27.3. The van der Waals surface area contributed by atoms with Gasteiger partial charge >= 0.3 is 5.97 Å². The van der Waals surface area contributed by atoms with Crippen LogP contribution in [-0.4, -0.2) is 58.5 Å². The van der Waals surface area contributed by atoms with Crippen molar-refractivity contribution in [3.63, 3.8) is 0 Å². The van der Waals surface area contributed by atoms with Crippen molar-refractivity contribution in [1.29, 1.82) is 0 Å². The molecule has 0 spiro atoms. The Balaban J connectivity index is 2.14. The Bertz CT molecular complexity index is 435. The van der Waals surface area contributed by atoms with Gasteiger partial charge in [-0.15, -0.1) is 11.8 Å². The van der Waals surface area contributed by atoms with Crippen LogP contribution < -0.4 is 5.32 Å². The SMILES string of the molecule is CNCCSC1=C(C(=O)O)N2C(=O)[C@H]([C@@H](C)O)[C@H]2C1. The van der Waals surface area contributed by atoms with E-state index in [2.05, 4.69) is 5.32 Å². The molecule has 1 saturated heterocycles. The molecule has 2 aliphatic heterocycles. The maximum Gasteiger partial charge on any atom is 0.353 e. The number of rotatable bonds is 6. The number of aliphatic carboxylic acids is 1. The number of fused-ring (bicyclic) bond motifs is 1. The number of carbonyl (C=O) groups is 2. The molecule has 0 aromatic rings. The molecule has 0 radical (unpaired) electrons. The van der Waals surface area contributed by atoms with Gasteiger partial charge in [0.05, 0.1) is 18.1 Å². The van der Waals surface area contributed by atoms with Crippen molar-refractivity contribution in [1.82, 2.24) is 10.2 Å². The Kier molecular flexibility index (Phi) is 4.17. The summed E-state index contributed by atoms with van der Waals surface area (Å²) < 4.78 is 0. The molecule has 0 unspecified atom stereocenters. The van der Waals surface area contributed by atoms with Crippen molar-refractivity contribution in [3.05, 3.63) is 10.6 Å². The molecule has 0 saturated carbocycles. The number of nitrogens with one attached hydrogen (secondary N) is 1. The van der Waals surface area contributed by atoms with Gasteiger partial charge in [0.25, 0.3) is 0 Å². The molecule has 0 aliphatic carbocycles. The first-order valence-electron chi connectivity index (χ1n) is 6.24. The van der Waals surface area contributed by atoms with Crippen LogP contribution in [0.5, 0.6) is 0 Å². The quantitative estimate of drug-likeness (QED) is 0.465. The molecule has 1 fully saturated rings. The first kappa shape index (κ1) is 14.4. The van der Waals surface area contributed by atoms with Crippen LogP contribution in [0.25, 0.3) is 0 Å². The highest BCUT2D eigenvalue weighted by Crippen LogP contribution is 2.46. The molecule has 19 heavy (non-hydrogen) atoms. The van der Waals surface area contributed by atoms with E-state index in [1.54, 1.807) is 6.92 Å². The van der Waals surface area contributed by atoms with Crippen molar-refractivity contribution < 1.29 is 19.8 Å². The molecule has 1 amide bonds. The van der Waals surface area contributed by atoms with E-state index >= 15 is 0 Å². The maximum absolute atomic E-state index is 11.9. The highest BCUT2D eigenvalue weighted by molar-refractivity contribution is 8.03. The van der Waals surface area contributed by atoms with Gasteiger partial charge in [-0.3, -0.25) is 4.79 Å². The van der Waals surface area contributed by atoms with Crippen molar-refractivity contribution in [3.8, 4) is 0 Å². The zero-order valence-electron chi connectivity index (χ0n) is 10.9. The van der Waals surface area contributed by atoms with Gasteiger partial charge in [0.2, 0.25) is 5.91 Å². The maximum atomic E-state index is 11.9. The molecular weight excluding hydrogens is 268 g/mol. The number of aliphatic hydroxyl groups excluding tert-OH is 1. The average Bonchev–Trinajstić information content (AvgIpc) is 2.64. The molecule has 2 aliphatic rings. The molecule has 0 aromatic heterocycles. The molecule has 7 heteroatoms. The fourth-order valence-electron chi connectivity index (χ4n) is 2.64. The molecule has 2 heterocycles. The highest BCUT2D eigenvalue weighted by atomic mass is 32.2. The number of carbonyl (C=O) groups excluding carboxylic acids is 1. The van der Waals surface area contributed by atoms with Gasteiger partial charge in [0.15, 0.2) is 0 Å². The number of hydrogen-bond donors (Lipinski definition) is 3. The lowest BCUT2D eigenvalue weighted by molar-refractivity contribution is -0.161. The van der Waals surface area contributed by atoms with Crippen molar-refractivity contribution in [2.45, 2.75) is 25.5 Å². The summed E-state index contributed by atoms with van der Waals surface area (Å²) in [5.41, 5.74) is 0.105. The van der Waals surface area contributed by atoms with Crippen LogP contribution in [0.3, 0.4) is 0 Å². The summed E-state index contributed by atoms with van der Waals surface area (Å²) in [5, 5.41) is 21.8. The topological polar surface area (TPSA) is 89.9 Å². The molecule has 2 rings (SSSR count). The molecule has 0 bridgehead atoms. The molecule has 3 N–H and O–H groups in total. The summed E-state index contributed by atoms with van der Waals surface area (Å²) in [7, 11) is 1.84. The Labute approximate surface area is 115 Å². The van der Waals surface area contributed by atoms with Gasteiger partial charge in [0, 0.05) is 23.6 Å². The molecular formula is C12H18N2O4S. The van der Waals surface area contributed by atoms with Gasteiger partial charge in [-0.05, 0) is 14.0 Å². The second-order valence-corrected chi connectivity index (χ2v) is 5.96. The minimum atomic E-state index is -1.06. The van der Waals surface area contributed by atoms with E-state index in [0.29, 0.717) is 6.42 Å². The lowest BCUT2D eigenvalue weighted by Crippen LogP contribution is -2.61. The largest absolute Gasteiger partial charge is 0.477 e. The number of aliphatic hydroxyl groups is 1. The zero-order valence-corrected chi connectivity index (χ0v) is 11.7. The number of thioether (sulfide) groups is 1. The van der Waals surface area contributed by atoms with Crippen LogP contribution in [0, 0.1) is 5.92 Å². The third-order valence-corrected chi connectivity index (χ3v) is 4.64. The second kappa shape index (κ2) is 5.52. The van der Waals surface area contributed by atoms with E-state index in [1.807, 2.05) is 7.05 Å². The van der Waals surface area contributed by atoms with E-state index in [-0.39, 0.29) is 17.6 Å². The third-order valence-electron chi connectivity index (χ3n) is 3.52. The third kappa shape index (κ3) is 2.37. The lowest BCUT2D eigenvalue weighted by Gasteiger charge is -2.44. The number of nitrogens with zero attached hydrogens (tertiary/aromatic N) is 1. The minimum absolute atomic E-state index is 0.105. The molecule has 106 valence electrons. The second-order valence-electron chi connectivity index (χ2n) is 4.78. The summed E-state index contributed by atoms with van der Waals surface area (Å²) >= 11 is 1.47. The number of β-lactam (4-membered cyclic amide) rings is 1. The summed E-state index contributed by atoms with van der Waals surface area (Å²) in [5.74, 6) is -1.04. The van der Waals surface area contributed by atoms with E-state index in [0.717, 1.165) is 17.2 Å². The first-order valence-corrected chi connectivity index (χ1v) is 7.22. The fraction of sp³-hybridized carbons (Fsp3) is 0.667. The van der Waals surface area contributed by atoms with E-state index in [1.165, 1.54) is 16.7 Å². The van der Waals surface area contributed by atoms with Gasteiger partial charge in [0.1, 0.15) is 5.70 Å². The van der Waals surface area contributed by atoms with Crippen LogP contribution in [0.4, 0.5) is 0 Å². The zero-order chi connectivity index (χ0) is 14.2. The number of carboxylic acids is 1. The predicted octanol–water partition coefficient (Wildman–Crippen LogP) is -0.153. The van der Waals surface area contributed by atoms with Gasteiger partial charge < -0.3 is 20.4 Å². The lowest BCUT2D eigenvalue weighted by atomic mass is 9.83. The summed E-state index contributed by atoms with van der Waals surface area (Å²) in [6, 6.07) is -0.185. The fourth-order valence-corrected chi connectivity index (χ4v) is 3.80. The van der Waals surface area contributed by atoms with Gasteiger partial charge in [-0.25, -0.2) is 4.79 Å². The predicted molar refractivity (Wildman–Crippen MR) is 71.5 cm³/mol. The van der Waals surface area contributed by atoms with E-state index in [4.69, 9.17) is 0 Å². The minimum Gasteiger partial charge on any atom is -0.477 e. The summed E-state index contributed by atoms with van der Waals surface area (Å²) in [6.07, 6.45) is -0.192. The van der Waals surface area contributed by atoms with Crippen LogP contribution in [-0.2, 0) is 9.59 Å². The van der Waals surface area contributed by atoms with Crippen LogP contribution in [0.2, 0.25) is 0 Å².